The Kier molecular flexibility index (Phi) is 8.31. The highest BCUT2D eigenvalue weighted by Crippen LogP contribution is 2.36. The van der Waals surface area contributed by atoms with Crippen molar-refractivity contribution in [1.82, 2.24) is 10.1 Å². The molecule has 192 valence electrons. The summed E-state index contributed by atoms with van der Waals surface area (Å²) in [4.78, 5) is 28.0. The number of esters is 1. The van der Waals surface area contributed by atoms with Gasteiger partial charge in [-0.05, 0) is 62.4 Å². The Hall–Kier alpha value is -3.92. The first-order chi connectivity index (χ1) is 16.9. The van der Waals surface area contributed by atoms with Crippen molar-refractivity contribution in [2.45, 2.75) is 52.9 Å². The molecule has 2 aromatic heterocycles. The monoisotopic (exact) mass is 496 g/mol. The lowest BCUT2D eigenvalue weighted by Crippen LogP contribution is -2.43. The molecule has 1 amide bonds. The summed E-state index contributed by atoms with van der Waals surface area (Å²) in [6.07, 6.45) is 1.58. The average Bonchev–Trinajstić information content (AvgIpc) is 3.31. The maximum Gasteiger partial charge on any atom is 0.411 e. The predicted octanol–water partition coefficient (Wildman–Crippen LogP) is 4.53. The molecule has 0 saturated carbocycles. The molecule has 4 N–H and O–H groups in total. The number of hydrogen-bond acceptors (Lipinski definition) is 9. The molecule has 0 aliphatic rings. The van der Waals surface area contributed by atoms with Crippen molar-refractivity contribution < 1.29 is 28.3 Å². The predicted molar refractivity (Wildman–Crippen MR) is 133 cm³/mol. The number of aromatic nitrogens is 2. The second kappa shape index (κ2) is 11.2. The Bertz CT molecular complexity index is 1190. The molecular weight excluding hydrogens is 464 g/mol. The first-order valence-corrected chi connectivity index (χ1v) is 11.6. The highest BCUT2D eigenvalue weighted by Gasteiger charge is 2.33. The number of amides is 1. The highest BCUT2D eigenvalue weighted by molar-refractivity contribution is 5.77. The number of nitrogens with zero attached hydrogens (tertiary/aromatic N) is 2. The fourth-order valence-electron chi connectivity index (χ4n) is 3.59. The van der Waals surface area contributed by atoms with Crippen molar-refractivity contribution >= 4 is 12.1 Å². The normalized spacial score (nSPS) is 13.2. The molecule has 0 radical (unpaired) electrons. The summed E-state index contributed by atoms with van der Waals surface area (Å²) in [5.74, 6) is 0.0112. The van der Waals surface area contributed by atoms with Gasteiger partial charge >= 0.3 is 12.1 Å². The van der Waals surface area contributed by atoms with E-state index in [1.165, 1.54) is 12.4 Å². The molecule has 10 nitrogen and oxygen atoms in total. The van der Waals surface area contributed by atoms with Gasteiger partial charge in [0, 0.05) is 18.3 Å². The third-order valence-electron chi connectivity index (χ3n) is 5.05. The number of benzene rings is 1. The lowest BCUT2D eigenvalue weighted by molar-refractivity contribution is -0.164. The minimum Gasteiger partial charge on any atom is -0.474 e. The van der Waals surface area contributed by atoms with Crippen molar-refractivity contribution in [2.24, 2.45) is 23.3 Å². The zero-order valence-corrected chi connectivity index (χ0v) is 21.1. The van der Waals surface area contributed by atoms with Crippen LogP contribution in [0.2, 0.25) is 0 Å². The van der Waals surface area contributed by atoms with Crippen LogP contribution < -0.4 is 20.9 Å². The molecule has 0 spiro atoms. The van der Waals surface area contributed by atoms with Crippen LogP contribution in [0.5, 0.6) is 11.6 Å². The van der Waals surface area contributed by atoms with Gasteiger partial charge in [-0.15, -0.1) is 0 Å². The molecule has 0 aliphatic heterocycles. The standard InChI is InChI=1S/C26H32N4O6/c1-15(2)12-19(24(31)35-26(3,4)5)23(27)33-20-7-6-16(13-18(20)21-9-11-30-36-21)17-8-10-29-22(14-17)34-25(28)32/h6-11,13-15,19,23H,12,27H2,1-5H3,(H2,28,32). The SMILES string of the molecule is CC(C)CC(C(=O)OC(C)(C)C)C(N)Oc1ccc(-c2ccnc(OC(N)=O)c2)cc1-c1ccno1. The fourth-order valence-corrected chi connectivity index (χ4v) is 3.59. The van der Waals surface area contributed by atoms with Crippen molar-refractivity contribution in [2.75, 3.05) is 0 Å². The molecule has 0 saturated heterocycles. The van der Waals surface area contributed by atoms with E-state index < -0.39 is 29.8 Å². The van der Waals surface area contributed by atoms with Crippen LogP contribution in [0.4, 0.5) is 4.79 Å². The van der Waals surface area contributed by atoms with E-state index in [0.717, 1.165) is 5.56 Å². The van der Waals surface area contributed by atoms with E-state index in [4.69, 9.17) is 30.2 Å². The average molecular weight is 497 g/mol. The van der Waals surface area contributed by atoms with Crippen LogP contribution in [0, 0.1) is 11.8 Å². The summed E-state index contributed by atoms with van der Waals surface area (Å²) in [6.45, 7) is 9.43. The van der Waals surface area contributed by atoms with Gasteiger partial charge in [0.25, 0.3) is 0 Å². The summed E-state index contributed by atoms with van der Waals surface area (Å²) in [5, 5.41) is 3.79. The van der Waals surface area contributed by atoms with Crippen LogP contribution in [-0.4, -0.2) is 34.0 Å². The number of rotatable bonds is 9. The molecular formula is C26H32N4O6. The summed E-state index contributed by atoms with van der Waals surface area (Å²) in [7, 11) is 0. The zero-order chi connectivity index (χ0) is 26.5. The minimum absolute atomic E-state index is 0.0671. The van der Waals surface area contributed by atoms with Gasteiger partial charge in [-0.3, -0.25) is 10.5 Å². The molecule has 2 atom stereocenters. The number of hydrogen-bond donors (Lipinski definition) is 2. The van der Waals surface area contributed by atoms with E-state index >= 15 is 0 Å². The molecule has 0 fully saturated rings. The number of ether oxygens (including phenoxy) is 3. The number of nitrogens with two attached hydrogens (primary N) is 2. The van der Waals surface area contributed by atoms with Gasteiger partial charge in [-0.25, -0.2) is 9.78 Å². The molecule has 36 heavy (non-hydrogen) atoms. The molecule has 2 unspecified atom stereocenters. The maximum absolute atomic E-state index is 12.9. The molecule has 3 rings (SSSR count). The van der Waals surface area contributed by atoms with Crippen molar-refractivity contribution in [1.29, 1.82) is 0 Å². The Labute approximate surface area is 209 Å². The number of primary amides is 1. The van der Waals surface area contributed by atoms with Crippen LogP contribution in [0.3, 0.4) is 0 Å². The van der Waals surface area contributed by atoms with Gasteiger partial charge in [0.05, 0.1) is 11.8 Å². The maximum atomic E-state index is 12.9. The fraction of sp³-hybridized carbons (Fsp3) is 0.385. The Morgan fingerprint density at radius 3 is 2.39 bits per heavy atom. The van der Waals surface area contributed by atoms with Crippen LogP contribution >= 0.6 is 0 Å². The van der Waals surface area contributed by atoms with Gasteiger partial charge in [0.2, 0.25) is 5.88 Å². The van der Waals surface area contributed by atoms with Crippen LogP contribution in [0.1, 0.15) is 41.0 Å². The van der Waals surface area contributed by atoms with Gasteiger partial charge in [-0.1, -0.05) is 25.1 Å². The van der Waals surface area contributed by atoms with E-state index in [9.17, 15) is 9.59 Å². The lowest BCUT2D eigenvalue weighted by Gasteiger charge is -2.29. The van der Waals surface area contributed by atoms with Crippen molar-refractivity contribution in [3.8, 4) is 34.1 Å². The first-order valence-electron chi connectivity index (χ1n) is 11.6. The summed E-state index contributed by atoms with van der Waals surface area (Å²) >= 11 is 0. The van der Waals surface area contributed by atoms with Crippen LogP contribution in [0.25, 0.3) is 22.5 Å². The summed E-state index contributed by atoms with van der Waals surface area (Å²) in [5.41, 5.74) is 12.9. The second-order valence-corrected chi connectivity index (χ2v) is 9.74. The Balaban J connectivity index is 1.95. The van der Waals surface area contributed by atoms with Crippen molar-refractivity contribution in [3.63, 3.8) is 0 Å². The molecule has 0 aliphatic carbocycles. The molecule has 1 aromatic carbocycles. The molecule has 10 heteroatoms. The molecule has 0 bridgehead atoms. The summed E-state index contributed by atoms with van der Waals surface area (Å²) < 4.78 is 22.0. The largest absolute Gasteiger partial charge is 0.474 e. The smallest absolute Gasteiger partial charge is 0.411 e. The highest BCUT2D eigenvalue weighted by atomic mass is 16.6. The minimum atomic E-state index is -0.966. The van der Waals surface area contributed by atoms with Gasteiger partial charge < -0.3 is 24.5 Å². The topological polar surface area (TPSA) is 153 Å². The van der Waals surface area contributed by atoms with Gasteiger partial charge in [0.1, 0.15) is 17.3 Å². The third-order valence-corrected chi connectivity index (χ3v) is 5.05. The van der Waals surface area contributed by atoms with E-state index in [-0.39, 0.29) is 11.8 Å². The van der Waals surface area contributed by atoms with Crippen LogP contribution in [-0.2, 0) is 9.53 Å². The van der Waals surface area contributed by atoms with Gasteiger partial charge in [-0.2, -0.15) is 0 Å². The zero-order valence-electron chi connectivity index (χ0n) is 21.1. The molecule has 3 aromatic rings. The Morgan fingerprint density at radius 1 is 1.06 bits per heavy atom. The van der Waals surface area contributed by atoms with E-state index in [1.807, 2.05) is 40.7 Å². The van der Waals surface area contributed by atoms with E-state index in [2.05, 4.69) is 10.1 Å². The summed E-state index contributed by atoms with van der Waals surface area (Å²) in [6, 6.07) is 10.4. The van der Waals surface area contributed by atoms with E-state index in [0.29, 0.717) is 29.1 Å². The van der Waals surface area contributed by atoms with Gasteiger partial charge in [0.15, 0.2) is 12.0 Å². The first kappa shape index (κ1) is 26.7. The lowest BCUT2D eigenvalue weighted by atomic mass is 9.95. The van der Waals surface area contributed by atoms with Crippen LogP contribution in [0.15, 0.2) is 53.3 Å². The van der Waals surface area contributed by atoms with Crippen molar-refractivity contribution in [3.05, 3.63) is 48.8 Å². The molecule has 2 heterocycles. The number of carbonyl (C=O) groups excluding carboxylic acids is 2. The second-order valence-electron chi connectivity index (χ2n) is 9.74. The third kappa shape index (κ3) is 7.29. The van der Waals surface area contributed by atoms with E-state index in [1.54, 1.807) is 30.3 Å². The Morgan fingerprint density at radius 2 is 1.78 bits per heavy atom. The quantitative estimate of drug-likeness (QED) is 0.321. The number of carbonyl (C=O) groups is 2. The number of pyridine rings is 1.